The van der Waals surface area contributed by atoms with Gasteiger partial charge >= 0.3 is 0 Å². The predicted octanol–water partition coefficient (Wildman–Crippen LogP) is 2.20. The molecule has 26 heavy (non-hydrogen) atoms. The van der Waals surface area contributed by atoms with Crippen LogP contribution in [-0.4, -0.2) is 41.9 Å². The lowest BCUT2D eigenvalue weighted by Crippen LogP contribution is -2.51. The van der Waals surface area contributed by atoms with Gasteiger partial charge < -0.3 is 16.0 Å². The maximum absolute atomic E-state index is 13.8. The van der Waals surface area contributed by atoms with Crippen LogP contribution in [0.1, 0.15) is 37.0 Å². The van der Waals surface area contributed by atoms with Crippen molar-refractivity contribution in [3.8, 4) is 0 Å². The Kier molecular flexibility index (Phi) is 6.64. The van der Waals surface area contributed by atoms with Gasteiger partial charge in [0.15, 0.2) is 0 Å². The molecule has 4 atom stereocenters. The highest BCUT2D eigenvalue weighted by molar-refractivity contribution is 5.97. The number of rotatable bonds is 4. The van der Waals surface area contributed by atoms with Crippen LogP contribution in [0, 0.1) is 23.6 Å². The SMILES string of the molecule is CC(C)C(NC(=O)c1ccccc1F)C(=O)N1CC2CCC(N)C2C1.Cl. The first-order valence-corrected chi connectivity index (χ1v) is 8.98. The standard InChI is InChI=1S/C19H26FN3O2.ClH/c1-11(2)17(22-18(24)13-5-3-4-6-15(13)20)19(25)23-9-12-7-8-16(21)14(12)10-23;/h3-6,11-12,14,16-17H,7-10,21H2,1-2H3,(H,22,24);1H. The molecule has 1 heterocycles. The first kappa shape index (κ1) is 20.6. The van der Waals surface area contributed by atoms with Crippen molar-refractivity contribution < 1.29 is 14.0 Å². The van der Waals surface area contributed by atoms with Gasteiger partial charge in [-0.05, 0) is 42.7 Å². The van der Waals surface area contributed by atoms with E-state index in [2.05, 4.69) is 5.32 Å². The van der Waals surface area contributed by atoms with Gasteiger partial charge in [0.05, 0.1) is 5.56 Å². The van der Waals surface area contributed by atoms with Gasteiger partial charge in [-0.1, -0.05) is 26.0 Å². The number of hydrogen-bond donors (Lipinski definition) is 2. The van der Waals surface area contributed by atoms with Gasteiger partial charge in [0, 0.05) is 19.1 Å². The van der Waals surface area contributed by atoms with E-state index in [0.717, 1.165) is 12.8 Å². The van der Waals surface area contributed by atoms with Crippen molar-refractivity contribution in [3.63, 3.8) is 0 Å². The van der Waals surface area contributed by atoms with Gasteiger partial charge in [0.25, 0.3) is 5.91 Å². The van der Waals surface area contributed by atoms with Crippen LogP contribution in [-0.2, 0) is 4.79 Å². The fourth-order valence-electron chi connectivity index (χ4n) is 4.06. The molecule has 1 aromatic rings. The normalized spacial score (nSPS) is 25.6. The minimum Gasteiger partial charge on any atom is -0.340 e. The summed E-state index contributed by atoms with van der Waals surface area (Å²) in [6, 6.07) is 5.29. The quantitative estimate of drug-likeness (QED) is 0.836. The maximum atomic E-state index is 13.8. The third-order valence-electron chi connectivity index (χ3n) is 5.56. The number of fused-ring (bicyclic) bond motifs is 1. The maximum Gasteiger partial charge on any atom is 0.254 e. The monoisotopic (exact) mass is 383 g/mol. The lowest BCUT2D eigenvalue weighted by atomic mass is 9.98. The van der Waals surface area contributed by atoms with E-state index in [1.807, 2.05) is 18.7 Å². The number of benzene rings is 1. The predicted molar refractivity (Wildman–Crippen MR) is 101 cm³/mol. The van der Waals surface area contributed by atoms with E-state index < -0.39 is 17.8 Å². The fourth-order valence-corrected chi connectivity index (χ4v) is 4.06. The molecule has 2 fully saturated rings. The summed E-state index contributed by atoms with van der Waals surface area (Å²) in [5, 5.41) is 2.73. The molecule has 0 spiro atoms. The van der Waals surface area contributed by atoms with Crippen LogP contribution >= 0.6 is 12.4 Å². The Bertz CT molecular complexity index is 670. The zero-order chi connectivity index (χ0) is 18.1. The van der Waals surface area contributed by atoms with Crippen LogP contribution in [0.3, 0.4) is 0 Å². The summed E-state index contributed by atoms with van der Waals surface area (Å²) in [5.74, 6) is -0.496. The van der Waals surface area contributed by atoms with Gasteiger partial charge in [0.2, 0.25) is 5.91 Å². The van der Waals surface area contributed by atoms with Crippen molar-refractivity contribution in [1.29, 1.82) is 0 Å². The average molecular weight is 384 g/mol. The summed E-state index contributed by atoms with van der Waals surface area (Å²) in [4.78, 5) is 27.2. The van der Waals surface area contributed by atoms with E-state index in [9.17, 15) is 14.0 Å². The zero-order valence-electron chi connectivity index (χ0n) is 15.2. The number of carbonyl (C=O) groups excluding carboxylic acids is 2. The van der Waals surface area contributed by atoms with Crippen LogP contribution in [0.4, 0.5) is 4.39 Å². The molecule has 7 heteroatoms. The zero-order valence-corrected chi connectivity index (χ0v) is 16.0. The van der Waals surface area contributed by atoms with Crippen LogP contribution in [0.25, 0.3) is 0 Å². The molecule has 3 rings (SSSR count). The number of amides is 2. The van der Waals surface area contributed by atoms with Gasteiger partial charge in [-0.25, -0.2) is 4.39 Å². The average Bonchev–Trinajstić information content (AvgIpc) is 3.14. The van der Waals surface area contributed by atoms with Crippen molar-refractivity contribution in [2.24, 2.45) is 23.5 Å². The number of hydrogen-bond acceptors (Lipinski definition) is 3. The van der Waals surface area contributed by atoms with Gasteiger partial charge in [0.1, 0.15) is 11.9 Å². The molecule has 0 radical (unpaired) electrons. The van der Waals surface area contributed by atoms with E-state index in [1.165, 1.54) is 18.2 Å². The first-order valence-electron chi connectivity index (χ1n) is 8.98. The lowest BCUT2D eigenvalue weighted by Gasteiger charge is -2.28. The van der Waals surface area contributed by atoms with Crippen LogP contribution in [0.2, 0.25) is 0 Å². The van der Waals surface area contributed by atoms with Gasteiger partial charge in [-0.15, -0.1) is 12.4 Å². The van der Waals surface area contributed by atoms with Crippen LogP contribution in [0.5, 0.6) is 0 Å². The Morgan fingerprint density at radius 2 is 1.92 bits per heavy atom. The summed E-state index contributed by atoms with van der Waals surface area (Å²) < 4.78 is 13.8. The highest BCUT2D eigenvalue weighted by atomic mass is 35.5. The Balaban J connectivity index is 0.00000243. The molecule has 1 saturated carbocycles. The number of carbonyl (C=O) groups is 2. The molecular weight excluding hydrogens is 357 g/mol. The Labute approximate surface area is 159 Å². The van der Waals surface area contributed by atoms with E-state index >= 15 is 0 Å². The highest BCUT2D eigenvalue weighted by Crippen LogP contribution is 2.37. The molecule has 1 aromatic carbocycles. The summed E-state index contributed by atoms with van der Waals surface area (Å²) in [7, 11) is 0. The number of nitrogens with two attached hydrogens (primary N) is 1. The Hall–Kier alpha value is -1.66. The van der Waals surface area contributed by atoms with E-state index in [4.69, 9.17) is 5.73 Å². The molecule has 144 valence electrons. The Morgan fingerprint density at radius 3 is 2.54 bits per heavy atom. The molecule has 1 saturated heterocycles. The van der Waals surface area contributed by atoms with Crippen molar-refractivity contribution >= 4 is 24.2 Å². The van der Waals surface area contributed by atoms with Gasteiger partial charge in [-0.2, -0.15) is 0 Å². The smallest absolute Gasteiger partial charge is 0.254 e. The highest BCUT2D eigenvalue weighted by Gasteiger charge is 2.44. The van der Waals surface area contributed by atoms with Crippen LogP contribution in [0.15, 0.2) is 24.3 Å². The number of nitrogens with zero attached hydrogens (tertiary/aromatic N) is 1. The second kappa shape index (κ2) is 8.35. The number of nitrogens with one attached hydrogen (secondary N) is 1. The molecule has 1 aliphatic carbocycles. The van der Waals surface area contributed by atoms with E-state index in [0.29, 0.717) is 24.9 Å². The minimum atomic E-state index is -0.665. The summed E-state index contributed by atoms with van der Waals surface area (Å²) in [5.41, 5.74) is 6.10. The molecule has 5 nitrogen and oxygen atoms in total. The molecule has 0 aromatic heterocycles. The Morgan fingerprint density at radius 1 is 1.23 bits per heavy atom. The third kappa shape index (κ3) is 4.01. The largest absolute Gasteiger partial charge is 0.340 e. The summed E-state index contributed by atoms with van der Waals surface area (Å²) in [6.45, 7) is 5.12. The molecule has 3 N–H and O–H groups in total. The second-order valence-corrected chi connectivity index (χ2v) is 7.58. The number of likely N-dealkylation sites (tertiary alicyclic amines) is 1. The van der Waals surface area contributed by atoms with Crippen molar-refractivity contribution in [2.75, 3.05) is 13.1 Å². The second-order valence-electron chi connectivity index (χ2n) is 7.58. The molecule has 2 amide bonds. The molecule has 0 bridgehead atoms. The summed E-state index contributed by atoms with van der Waals surface area (Å²) in [6.07, 6.45) is 2.08. The molecular formula is C19H27ClFN3O2. The van der Waals surface area contributed by atoms with Crippen LogP contribution < -0.4 is 11.1 Å². The molecule has 1 aliphatic heterocycles. The fraction of sp³-hybridized carbons (Fsp3) is 0.579. The van der Waals surface area contributed by atoms with Crippen molar-refractivity contribution in [2.45, 2.75) is 38.8 Å². The molecule has 2 aliphatic rings. The van der Waals surface area contributed by atoms with E-state index in [-0.39, 0.29) is 35.8 Å². The summed E-state index contributed by atoms with van der Waals surface area (Å²) >= 11 is 0. The topological polar surface area (TPSA) is 75.4 Å². The van der Waals surface area contributed by atoms with Gasteiger partial charge in [-0.3, -0.25) is 9.59 Å². The van der Waals surface area contributed by atoms with Crippen molar-refractivity contribution in [1.82, 2.24) is 10.2 Å². The van der Waals surface area contributed by atoms with E-state index in [1.54, 1.807) is 6.07 Å². The number of halogens is 2. The first-order chi connectivity index (χ1) is 11.9. The van der Waals surface area contributed by atoms with Crippen molar-refractivity contribution in [3.05, 3.63) is 35.6 Å². The molecule has 4 unspecified atom stereocenters. The third-order valence-corrected chi connectivity index (χ3v) is 5.56. The lowest BCUT2D eigenvalue weighted by molar-refractivity contribution is -0.133. The minimum absolute atomic E-state index is 0.